The van der Waals surface area contributed by atoms with E-state index in [2.05, 4.69) is 0 Å². The van der Waals surface area contributed by atoms with Gasteiger partial charge < -0.3 is 5.73 Å². The van der Waals surface area contributed by atoms with Gasteiger partial charge in [0.25, 0.3) is 0 Å². The summed E-state index contributed by atoms with van der Waals surface area (Å²) in [7, 11) is 0. The molecule has 0 aromatic heterocycles. The fourth-order valence-corrected chi connectivity index (χ4v) is 1.07. The standard InChI is InChI=1S/C7H4Cl2N2/c8-6-2-5(11)1-4(3-10)7(6)9/h1-2H,11H2. The summed E-state index contributed by atoms with van der Waals surface area (Å²) in [6.45, 7) is 0. The van der Waals surface area contributed by atoms with E-state index in [1.807, 2.05) is 6.07 Å². The highest BCUT2D eigenvalue weighted by atomic mass is 35.5. The van der Waals surface area contributed by atoms with Crippen molar-refractivity contribution in [1.82, 2.24) is 0 Å². The molecule has 1 rings (SSSR count). The lowest BCUT2D eigenvalue weighted by Crippen LogP contribution is -1.87. The lowest BCUT2D eigenvalue weighted by molar-refractivity contribution is 1.48. The molecule has 0 heterocycles. The second kappa shape index (κ2) is 3.00. The number of benzene rings is 1. The Balaban J connectivity index is 3.39. The zero-order valence-electron chi connectivity index (χ0n) is 5.44. The summed E-state index contributed by atoms with van der Waals surface area (Å²) in [6, 6.07) is 4.87. The molecule has 2 N–H and O–H groups in total. The molecule has 0 amide bonds. The van der Waals surface area contributed by atoms with E-state index < -0.39 is 0 Å². The van der Waals surface area contributed by atoms with E-state index in [1.165, 1.54) is 12.1 Å². The Morgan fingerprint density at radius 1 is 1.36 bits per heavy atom. The van der Waals surface area contributed by atoms with Gasteiger partial charge in [-0.3, -0.25) is 0 Å². The molecule has 4 heteroatoms. The first-order valence-corrected chi connectivity index (χ1v) is 3.55. The lowest BCUT2D eigenvalue weighted by atomic mass is 10.2. The van der Waals surface area contributed by atoms with Gasteiger partial charge in [0.15, 0.2) is 0 Å². The number of nitrogens with two attached hydrogens (primary N) is 1. The number of hydrogen-bond donors (Lipinski definition) is 1. The molecule has 2 nitrogen and oxygen atoms in total. The first-order chi connectivity index (χ1) is 5.15. The largest absolute Gasteiger partial charge is 0.399 e. The Kier molecular flexibility index (Phi) is 2.23. The van der Waals surface area contributed by atoms with Gasteiger partial charge in [-0.05, 0) is 12.1 Å². The predicted octanol–water partition coefficient (Wildman–Crippen LogP) is 2.45. The summed E-state index contributed by atoms with van der Waals surface area (Å²) in [5.74, 6) is 0. The van der Waals surface area contributed by atoms with Crippen LogP contribution >= 0.6 is 23.2 Å². The number of halogens is 2. The van der Waals surface area contributed by atoms with Crippen molar-refractivity contribution in [3.05, 3.63) is 27.7 Å². The van der Waals surface area contributed by atoms with Crippen LogP contribution in [0.25, 0.3) is 0 Å². The van der Waals surface area contributed by atoms with Gasteiger partial charge in [0.1, 0.15) is 6.07 Å². The first-order valence-electron chi connectivity index (χ1n) is 2.79. The van der Waals surface area contributed by atoms with E-state index in [9.17, 15) is 0 Å². The van der Waals surface area contributed by atoms with Crippen molar-refractivity contribution in [3.63, 3.8) is 0 Å². The van der Waals surface area contributed by atoms with Crippen LogP contribution in [0.15, 0.2) is 12.1 Å². The fourth-order valence-electron chi connectivity index (χ4n) is 0.691. The highest BCUT2D eigenvalue weighted by Gasteiger charge is 2.04. The Labute approximate surface area is 74.1 Å². The highest BCUT2D eigenvalue weighted by Crippen LogP contribution is 2.27. The molecule has 0 aliphatic heterocycles. The maximum Gasteiger partial charge on any atom is 0.101 e. The van der Waals surface area contributed by atoms with Crippen molar-refractivity contribution >= 4 is 28.9 Å². The molecule has 0 unspecified atom stereocenters. The minimum Gasteiger partial charge on any atom is -0.399 e. The third-order valence-electron chi connectivity index (χ3n) is 1.17. The Bertz CT molecular complexity index is 328. The van der Waals surface area contributed by atoms with Gasteiger partial charge in [0, 0.05) is 5.69 Å². The van der Waals surface area contributed by atoms with Crippen LogP contribution in [0.2, 0.25) is 10.0 Å². The first kappa shape index (κ1) is 8.19. The maximum atomic E-state index is 8.52. The van der Waals surface area contributed by atoms with Crippen LogP contribution in [-0.2, 0) is 0 Å². The van der Waals surface area contributed by atoms with E-state index in [4.69, 9.17) is 34.2 Å². The van der Waals surface area contributed by atoms with Gasteiger partial charge in [-0.1, -0.05) is 23.2 Å². The van der Waals surface area contributed by atoms with Crippen molar-refractivity contribution < 1.29 is 0 Å². The average Bonchev–Trinajstić information content (AvgIpc) is 1.96. The Morgan fingerprint density at radius 2 is 2.00 bits per heavy atom. The topological polar surface area (TPSA) is 49.8 Å². The van der Waals surface area contributed by atoms with E-state index in [-0.39, 0.29) is 5.02 Å². The molecular formula is C7H4Cl2N2. The van der Waals surface area contributed by atoms with Crippen molar-refractivity contribution in [3.8, 4) is 6.07 Å². The van der Waals surface area contributed by atoms with Gasteiger partial charge in [-0.2, -0.15) is 5.26 Å². The third kappa shape index (κ3) is 1.56. The summed E-state index contributed by atoms with van der Waals surface area (Å²) < 4.78 is 0. The van der Waals surface area contributed by atoms with Crippen LogP contribution in [0.4, 0.5) is 5.69 Å². The van der Waals surface area contributed by atoms with E-state index in [0.29, 0.717) is 16.3 Å². The summed E-state index contributed by atoms with van der Waals surface area (Å²) in [6.07, 6.45) is 0. The molecule has 0 atom stereocenters. The highest BCUT2D eigenvalue weighted by molar-refractivity contribution is 6.42. The summed E-state index contributed by atoms with van der Waals surface area (Å²) in [5, 5.41) is 9.08. The number of hydrogen-bond acceptors (Lipinski definition) is 2. The molecule has 0 saturated carbocycles. The van der Waals surface area contributed by atoms with Crippen LogP contribution in [0, 0.1) is 11.3 Å². The van der Waals surface area contributed by atoms with Crippen molar-refractivity contribution in [2.75, 3.05) is 5.73 Å². The number of rotatable bonds is 0. The van der Waals surface area contributed by atoms with E-state index >= 15 is 0 Å². The zero-order valence-corrected chi connectivity index (χ0v) is 6.95. The van der Waals surface area contributed by atoms with Crippen LogP contribution in [0.5, 0.6) is 0 Å². The molecule has 0 aliphatic carbocycles. The van der Waals surface area contributed by atoms with Crippen molar-refractivity contribution in [2.24, 2.45) is 0 Å². The van der Waals surface area contributed by atoms with Gasteiger partial charge in [0.2, 0.25) is 0 Å². The molecule has 1 aromatic rings. The molecule has 0 spiro atoms. The molecule has 0 aliphatic rings. The molecule has 1 aromatic carbocycles. The molecule has 11 heavy (non-hydrogen) atoms. The number of nitrogens with zero attached hydrogens (tertiary/aromatic N) is 1. The Hall–Kier alpha value is -0.910. The average molecular weight is 187 g/mol. The van der Waals surface area contributed by atoms with Gasteiger partial charge in [0.05, 0.1) is 15.6 Å². The second-order valence-electron chi connectivity index (χ2n) is 1.98. The van der Waals surface area contributed by atoms with Crippen molar-refractivity contribution in [1.29, 1.82) is 5.26 Å². The molecule has 0 saturated heterocycles. The van der Waals surface area contributed by atoms with E-state index in [1.54, 1.807) is 0 Å². The molecule has 0 radical (unpaired) electrons. The molecule has 56 valence electrons. The smallest absolute Gasteiger partial charge is 0.101 e. The Morgan fingerprint density at radius 3 is 2.55 bits per heavy atom. The minimum absolute atomic E-state index is 0.253. The fraction of sp³-hybridized carbons (Fsp3) is 0. The number of anilines is 1. The van der Waals surface area contributed by atoms with Crippen LogP contribution in [0.1, 0.15) is 5.56 Å². The van der Waals surface area contributed by atoms with Gasteiger partial charge in [-0.15, -0.1) is 0 Å². The van der Waals surface area contributed by atoms with Crippen LogP contribution in [-0.4, -0.2) is 0 Å². The van der Waals surface area contributed by atoms with Crippen LogP contribution < -0.4 is 5.73 Å². The summed E-state index contributed by atoms with van der Waals surface area (Å²) >= 11 is 11.3. The van der Waals surface area contributed by atoms with Gasteiger partial charge >= 0.3 is 0 Å². The predicted molar refractivity (Wildman–Crippen MR) is 45.6 cm³/mol. The summed E-state index contributed by atoms with van der Waals surface area (Å²) in [5.41, 5.74) is 6.15. The minimum atomic E-state index is 0.253. The molecule has 0 bridgehead atoms. The van der Waals surface area contributed by atoms with Gasteiger partial charge in [-0.25, -0.2) is 0 Å². The lowest BCUT2D eigenvalue weighted by Gasteiger charge is -1.98. The number of nitriles is 1. The van der Waals surface area contributed by atoms with Crippen molar-refractivity contribution in [2.45, 2.75) is 0 Å². The molecule has 0 fully saturated rings. The van der Waals surface area contributed by atoms with E-state index in [0.717, 1.165) is 0 Å². The number of nitrogen functional groups attached to an aromatic ring is 1. The maximum absolute atomic E-state index is 8.52. The normalized spacial score (nSPS) is 9.18. The third-order valence-corrected chi connectivity index (χ3v) is 1.97. The van der Waals surface area contributed by atoms with Crippen LogP contribution in [0.3, 0.4) is 0 Å². The zero-order chi connectivity index (χ0) is 8.43. The quantitative estimate of drug-likeness (QED) is 0.634. The molecular weight excluding hydrogens is 183 g/mol. The second-order valence-corrected chi connectivity index (χ2v) is 2.76. The summed E-state index contributed by atoms with van der Waals surface area (Å²) in [4.78, 5) is 0. The SMILES string of the molecule is N#Cc1cc(N)cc(Cl)c1Cl. The monoisotopic (exact) mass is 186 g/mol.